The molecule has 2 N–H and O–H groups in total. The smallest absolute Gasteiger partial charge is 0.358 e. The summed E-state index contributed by atoms with van der Waals surface area (Å²) in [5.41, 5.74) is 0.139. The molecule has 0 bridgehead atoms. The zero-order chi connectivity index (χ0) is 17.5. The van der Waals surface area contributed by atoms with Gasteiger partial charge in [0.2, 0.25) is 0 Å². The van der Waals surface area contributed by atoms with Crippen molar-refractivity contribution in [2.24, 2.45) is 0 Å². The summed E-state index contributed by atoms with van der Waals surface area (Å²) in [4.78, 5) is 40.1. The maximum absolute atomic E-state index is 11.9. The van der Waals surface area contributed by atoms with Gasteiger partial charge in [-0.25, -0.2) is 14.6 Å². The first-order chi connectivity index (χ1) is 11.5. The van der Waals surface area contributed by atoms with Gasteiger partial charge in [-0.1, -0.05) is 13.0 Å². The Morgan fingerprint density at radius 2 is 2.12 bits per heavy atom. The zero-order valence-electron chi connectivity index (χ0n) is 13.2. The molecule has 2 rings (SSSR count). The summed E-state index contributed by atoms with van der Waals surface area (Å²) < 4.78 is 4.87. The Labute approximate surface area is 147 Å². The van der Waals surface area contributed by atoms with E-state index in [0.29, 0.717) is 5.01 Å². The third kappa shape index (κ3) is 5.14. The molecule has 2 aromatic rings. The van der Waals surface area contributed by atoms with E-state index in [9.17, 15) is 14.4 Å². The molecule has 128 valence electrons. The number of nitrogens with one attached hydrogen (secondary N) is 2. The molecular weight excluding hydrogens is 350 g/mol. The van der Waals surface area contributed by atoms with Crippen molar-refractivity contribution in [3.8, 4) is 9.88 Å². The molecular formula is C15H17N3O4S2. The second-order valence-corrected chi connectivity index (χ2v) is 6.73. The van der Waals surface area contributed by atoms with Crippen molar-refractivity contribution in [1.29, 1.82) is 0 Å². The van der Waals surface area contributed by atoms with Crippen LogP contribution in [0.3, 0.4) is 0 Å². The largest absolute Gasteiger partial charge is 0.451 e. The number of nitrogens with zero attached hydrogens (tertiary/aromatic N) is 1. The number of hydrogen-bond acceptors (Lipinski definition) is 7. The minimum atomic E-state index is -0.702. The minimum Gasteiger partial charge on any atom is -0.451 e. The molecule has 0 fully saturated rings. The van der Waals surface area contributed by atoms with Gasteiger partial charge in [0.25, 0.3) is 5.91 Å². The SMILES string of the molecule is CC[C@@H](C)NC(=O)NC(=O)COC(=O)c1csc(-c2cccs2)n1. The van der Waals surface area contributed by atoms with Crippen LogP contribution in [-0.2, 0) is 9.53 Å². The van der Waals surface area contributed by atoms with E-state index < -0.39 is 24.5 Å². The molecule has 1 atom stereocenters. The Kier molecular flexibility index (Phi) is 6.44. The van der Waals surface area contributed by atoms with Crippen molar-refractivity contribution in [3.05, 3.63) is 28.6 Å². The maximum atomic E-state index is 11.9. The molecule has 2 heterocycles. The molecule has 24 heavy (non-hydrogen) atoms. The lowest BCUT2D eigenvalue weighted by molar-refractivity contribution is -0.123. The summed E-state index contributed by atoms with van der Waals surface area (Å²) in [7, 11) is 0. The van der Waals surface area contributed by atoms with Crippen LogP contribution in [0.5, 0.6) is 0 Å². The van der Waals surface area contributed by atoms with Crippen LogP contribution in [-0.4, -0.2) is 35.5 Å². The molecule has 0 spiro atoms. The predicted octanol–water partition coefficient (Wildman–Crippen LogP) is 2.65. The first-order valence-corrected chi connectivity index (χ1v) is 9.02. The fraction of sp³-hybridized carbons (Fsp3) is 0.333. The van der Waals surface area contributed by atoms with Crippen LogP contribution >= 0.6 is 22.7 Å². The van der Waals surface area contributed by atoms with Gasteiger partial charge in [0.1, 0.15) is 5.01 Å². The van der Waals surface area contributed by atoms with Gasteiger partial charge < -0.3 is 10.1 Å². The van der Waals surface area contributed by atoms with E-state index in [0.717, 1.165) is 11.3 Å². The van der Waals surface area contributed by atoms with Crippen LogP contribution in [0.15, 0.2) is 22.9 Å². The van der Waals surface area contributed by atoms with Crippen LogP contribution in [0.1, 0.15) is 30.8 Å². The molecule has 0 saturated heterocycles. The molecule has 0 aromatic carbocycles. The summed E-state index contributed by atoms with van der Waals surface area (Å²) in [6.45, 7) is 3.18. The summed E-state index contributed by atoms with van der Waals surface area (Å²) >= 11 is 2.84. The standard InChI is InChI=1S/C15H17N3O4S2/c1-3-9(2)16-15(21)18-12(19)7-22-14(20)10-8-24-13(17-10)11-5-4-6-23-11/h4-6,8-9H,3,7H2,1-2H3,(H2,16,18,19,21)/t9-/m1/s1. The van der Waals surface area contributed by atoms with Crippen molar-refractivity contribution in [2.75, 3.05) is 6.61 Å². The van der Waals surface area contributed by atoms with Gasteiger partial charge in [0.15, 0.2) is 12.3 Å². The van der Waals surface area contributed by atoms with Crippen molar-refractivity contribution < 1.29 is 19.1 Å². The summed E-state index contributed by atoms with van der Waals surface area (Å²) in [6.07, 6.45) is 0.743. The summed E-state index contributed by atoms with van der Waals surface area (Å²) in [6, 6.07) is 3.14. The summed E-state index contributed by atoms with van der Waals surface area (Å²) in [5.74, 6) is -1.40. The number of rotatable bonds is 6. The molecule has 0 unspecified atom stereocenters. The molecule has 0 aliphatic rings. The number of carbonyl (C=O) groups excluding carboxylic acids is 3. The van der Waals surface area contributed by atoms with E-state index in [4.69, 9.17) is 4.74 Å². The third-order valence-electron chi connectivity index (χ3n) is 3.02. The molecule has 0 aliphatic heterocycles. The van der Waals surface area contributed by atoms with Gasteiger partial charge in [-0.15, -0.1) is 22.7 Å². The zero-order valence-corrected chi connectivity index (χ0v) is 14.8. The first-order valence-electron chi connectivity index (χ1n) is 7.26. The van der Waals surface area contributed by atoms with E-state index >= 15 is 0 Å². The summed E-state index contributed by atoms with van der Waals surface area (Å²) in [5, 5.41) is 8.89. The normalized spacial score (nSPS) is 11.6. The highest BCUT2D eigenvalue weighted by molar-refractivity contribution is 7.20. The quantitative estimate of drug-likeness (QED) is 0.765. The number of imide groups is 1. The van der Waals surface area contributed by atoms with Gasteiger partial charge in [0.05, 0.1) is 4.88 Å². The third-order valence-corrected chi connectivity index (χ3v) is 4.90. The lowest BCUT2D eigenvalue weighted by Crippen LogP contribution is -2.44. The van der Waals surface area contributed by atoms with E-state index in [1.807, 2.05) is 31.4 Å². The van der Waals surface area contributed by atoms with Crippen LogP contribution < -0.4 is 10.6 Å². The molecule has 7 nitrogen and oxygen atoms in total. The van der Waals surface area contributed by atoms with Crippen molar-refractivity contribution in [2.45, 2.75) is 26.3 Å². The van der Waals surface area contributed by atoms with E-state index in [1.54, 1.807) is 5.38 Å². The van der Waals surface area contributed by atoms with Gasteiger partial charge in [0, 0.05) is 11.4 Å². The highest BCUT2D eigenvalue weighted by Gasteiger charge is 2.16. The maximum Gasteiger partial charge on any atom is 0.358 e. The number of carbonyl (C=O) groups is 3. The second-order valence-electron chi connectivity index (χ2n) is 4.92. The van der Waals surface area contributed by atoms with E-state index in [-0.39, 0.29) is 11.7 Å². The van der Waals surface area contributed by atoms with Crippen molar-refractivity contribution in [1.82, 2.24) is 15.6 Å². The first kappa shape index (κ1) is 18.1. The molecule has 0 radical (unpaired) electrons. The number of esters is 1. The van der Waals surface area contributed by atoms with Gasteiger partial charge in [-0.05, 0) is 24.8 Å². The number of aromatic nitrogens is 1. The number of thiazole rings is 1. The van der Waals surface area contributed by atoms with Crippen molar-refractivity contribution >= 4 is 40.6 Å². The van der Waals surface area contributed by atoms with Crippen LogP contribution in [0.4, 0.5) is 4.79 Å². The van der Waals surface area contributed by atoms with Crippen LogP contribution in [0.2, 0.25) is 0 Å². The fourth-order valence-corrected chi connectivity index (χ4v) is 3.21. The monoisotopic (exact) mass is 367 g/mol. The molecule has 3 amide bonds. The van der Waals surface area contributed by atoms with Crippen LogP contribution in [0, 0.1) is 0 Å². The van der Waals surface area contributed by atoms with Gasteiger partial charge in [-0.3, -0.25) is 10.1 Å². The topological polar surface area (TPSA) is 97.4 Å². The minimum absolute atomic E-state index is 0.0500. The molecule has 2 aromatic heterocycles. The van der Waals surface area contributed by atoms with E-state index in [2.05, 4.69) is 15.6 Å². The van der Waals surface area contributed by atoms with E-state index in [1.165, 1.54) is 22.7 Å². The van der Waals surface area contributed by atoms with Crippen molar-refractivity contribution in [3.63, 3.8) is 0 Å². The Bertz CT molecular complexity index is 712. The predicted molar refractivity (Wildman–Crippen MR) is 92.1 cm³/mol. The Morgan fingerprint density at radius 3 is 2.79 bits per heavy atom. The average Bonchev–Trinajstić information content (AvgIpc) is 3.22. The molecule has 0 aliphatic carbocycles. The highest BCUT2D eigenvalue weighted by atomic mass is 32.1. The van der Waals surface area contributed by atoms with Gasteiger partial charge in [-0.2, -0.15) is 0 Å². The van der Waals surface area contributed by atoms with Crippen LogP contribution in [0.25, 0.3) is 9.88 Å². The highest BCUT2D eigenvalue weighted by Crippen LogP contribution is 2.27. The molecule has 0 saturated carbocycles. The lowest BCUT2D eigenvalue weighted by atomic mass is 10.3. The number of ether oxygens (including phenoxy) is 1. The second kappa shape index (κ2) is 8.55. The number of thiophene rings is 1. The number of urea groups is 1. The Hall–Kier alpha value is -2.26. The average molecular weight is 367 g/mol. The van der Waals surface area contributed by atoms with Gasteiger partial charge >= 0.3 is 12.0 Å². The Morgan fingerprint density at radius 1 is 1.33 bits per heavy atom. The lowest BCUT2D eigenvalue weighted by Gasteiger charge is -2.11. The fourth-order valence-electron chi connectivity index (χ4n) is 1.61. The Balaban J connectivity index is 1.80. The number of hydrogen-bond donors (Lipinski definition) is 2. The molecule has 9 heteroatoms. The number of amides is 3.